The second-order valence-electron chi connectivity index (χ2n) is 16.0. The van der Waals surface area contributed by atoms with Crippen LogP contribution in [0.3, 0.4) is 0 Å². The average molecular weight is 999 g/mol. The van der Waals surface area contributed by atoms with Crippen LogP contribution in [0.25, 0.3) is 0 Å². The quantitative estimate of drug-likeness (QED) is 0.151. The van der Waals surface area contributed by atoms with Crippen molar-refractivity contribution in [1.82, 2.24) is 24.9 Å². The number of benzene rings is 1. The number of hydrogen-bond donors (Lipinski definition) is 0. The summed E-state index contributed by atoms with van der Waals surface area (Å²) in [7, 11) is 0. The largest absolute Gasteiger partial charge is 0.473 e. The van der Waals surface area contributed by atoms with Gasteiger partial charge < -0.3 is 4.42 Å². The number of rotatable bonds is 0. The van der Waals surface area contributed by atoms with Crippen LogP contribution in [0.5, 0.6) is 0 Å². The van der Waals surface area contributed by atoms with Gasteiger partial charge in [-0.25, -0.2) is 9.97 Å². The van der Waals surface area contributed by atoms with Crippen LogP contribution in [0.4, 0.5) is 0 Å². The molecule has 0 bridgehead atoms. The van der Waals surface area contributed by atoms with Crippen LogP contribution in [0, 0.1) is 35.5 Å². The Labute approximate surface area is 445 Å². The Balaban J connectivity index is -0.0000000516. The predicted molar refractivity (Wildman–Crippen MR) is 329 cm³/mol. The van der Waals surface area contributed by atoms with Gasteiger partial charge >= 0.3 is 0 Å². The van der Waals surface area contributed by atoms with E-state index >= 15 is 0 Å². The molecule has 70 heavy (non-hydrogen) atoms. The summed E-state index contributed by atoms with van der Waals surface area (Å²) >= 11 is 1.71. The molecule has 1 aromatic carbocycles. The highest BCUT2D eigenvalue weighted by molar-refractivity contribution is 7.07. The monoisotopic (exact) mass is 998 g/mol. The van der Waals surface area contributed by atoms with Gasteiger partial charge in [0.2, 0.25) is 0 Å². The maximum absolute atomic E-state index is 4.58. The Morgan fingerprint density at radius 1 is 0.243 bits per heavy atom. The molecule has 6 aromatic rings. The van der Waals surface area contributed by atoms with Crippen LogP contribution in [-0.4, -0.2) is 24.9 Å². The van der Waals surface area contributed by atoms with Crippen molar-refractivity contribution < 1.29 is 4.42 Å². The molecular weight excluding hydrogens is 875 g/mol. The summed E-state index contributed by atoms with van der Waals surface area (Å²) < 4.78 is 4.58. The fourth-order valence-electron chi connectivity index (χ4n) is 1.66. The molecule has 0 unspecified atom stereocenters. The maximum atomic E-state index is 4.58. The smallest absolute Gasteiger partial charge is 0.115 e. The highest BCUT2D eigenvalue weighted by Gasteiger charge is 1.70. The zero-order valence-electron chi connectivity index (χ0n) is 52.1. The summed E-state index contributed by atoms with van der Waals surface area (Å²) in [6.07, 6.45) is 18.2. The van der Waals surface area contributed by atoms with E-state index in [1.54, 1.807) is 79.5 Å². The van der Waals surface area contributed by atoms with E-state index in [4.69, 9.17) is 0 Å². The molecule has 0 saturated carbocycles. The Kier molecular flexibility index (Phi) is 157. The van der Waals surface area contributed by atoms with E-state index in [1.165, 1.54) is 6.33 Å². The Morgan fingerprint density at radius 2 is 0.443 bits per heavy atom. The lowest BCUT2D eigenvalue weighted by Crippen LogP contribution is -1.66. The summed E-state index contributed by atoms with van der Waals surface area (Å²) in [5.74, 6) is 5.00. The van der Waals surface area contributed by atoms with Crippen molar-refractivity contribution in [2.24, 2.45) is 35.5 Å². The molecule has 0 aliphatic carbocycles. The molecule has 0 amide bonds. The van der Waals surface area contributed by atoms with E-state index < -0.39 is 0 Å². The van der Waals surface area contributed by atoms with Gasteiger partial charge in [0.1, 0.15) is 6.33 Å². The first-order valence-electron chi connectivity index (χ1n) is 26.6. The zero-order chi connectivity index (χ0) is 57.5. The highest BCUT2D eigenvalue weighted by Crippen LogP contribution is 1.91. The van der Waals surface area contributed by atoms with E-state index in [-0.39, 0.29) is 0 Å². The van der Waals surface area contributed by atoms with E-state index in [0.29, 0.717) is 0 Å². The summed E-state index contributed by atoms with van der Waals surface area (Å²) in [6.45, 7) is 63.0. The molecule has 0 atom stereocenters. The second kappa shape index (κ2) is 115. The van der Waals surface area contributed by atoms with Crippen molar-refractivity contribution in [2.45, 2.75) is 208 Å². The number of aromatic nitrogens is 5. The van der Waals surface area contributed by atoms with Crippen molar-refractivity contribution in [1.29, 1.82) is 0 Å². The van der Waals surface area contributed by atoms with Gasteiger partial charge in [-0.05, 0) is 76.6 Å². The van der Waals surface area contributed by atoms with E-state index in [0.717, 1.165) is 35.5 Å². The fourth-order valence-corrected chi connectivity index (χ4v) is 2.11. The number of furan rings is 1. The van der Waals surface area contributed by atoms with Crippen molar-refractivity contribution in [3.8, 4) is 0 Å². The van der Waals surface area contributed by atoms with Crippen molar-refractivity contribution in [2.75, 3.05) is 0 Å². The van der Waals surface area contributed by atoms with Crippen molar-refractivity contribution in [3.63, 3.8) is 0 Å². The predicted octanol–water partition coefficient (Wildman–Crippen LogP) is 22.9. The standard InChI is InChI=1S/C6H6.C5H5N.2C4H4N2.C4H4O.C4H4S.6C4H10.6C2H6/c2*1-2-4-6-5-3-1;1-2-6-4-3-5-1;1-2-5-4-6-3-1;2*1-2-4-5-3-1;6*1-4(2)3;6*1-2/h1-6H;1-5H;2*1-4H;2*1-4H;6*4H,1-3H3;6*1-2H3. The fraction of sp³-hybridized carbons (Fsp3) is 0.571. The van der Waals surface area contributed by atoms with Gasteiger partial charge in [0.15, 0.2) is 0 Å². The van der Waals surface area contributed by atoms with Gasteiger partial charge in [-0.2, -0.15) is 11.3 Å². The molecule has 6 rings (SSSR count). The minimum absolute atomic E-state index is 0.833. The Bertz CT molecular complexity index is 965. The Morgan fingerprint density at radius 3 is 0.529 bits per heavy atom. The third-order valence-electron chi connectivity index (χ3n) is 3.04. The van der Waals surface area contributed by atoms with Gasteiger partial charge in [0.05, 0.1) is 12.5 Å². The Hall–Kier alpha value is -4.49. The van der Waals surface area contributed by atoms with Crippen molar-refractivity contribution in [3.05, 3.63) is 164 Å². The van der Waals surface area contributed by atoms with E-state index in [1.807, 2.05) is 173 Å². The maximum Gasteiger partial charge on any atom is 0.115 e. The second-order valence-corrected chi connectivity index (χ2v) is 16.8. The molecule has 0 saturated heterocycles. The number of thiophene rings is 1. The number of hydrogen-bond acceptors (Lipinski definition) is 7. The van der Waals surface area contributed by atoms with Crippen molar-refractivity contribution >= 4 is 11.3 Å². The van der Waals surface area contributed by atoms with Gasteiger partial charge in [-0.3, -0.25) is 15.0 Å². The molecule has 0 spiro atoms. The van der Waals surface area contributed by atoms with Crippen LogP contribution in [-0.2, 0) is 0 Å². The first-order chi connectivity index (χ1) is 33.4. The lowest BCUT2D eigenvalue weighted by atomic mass is 10.3. The molecule has 0 N–H and O–H groups in total. The molecule has 7 heteroatoms. The summed E-state index contributed by atoms with van der Waals surface area (Å²) in [5, 5.41) is 4.08. The molecule has 412 valence electrons. The average Bonchev–Trinajstić information content (AvgIpc) is 4.17. The summed E-state index contributed by atoms with van der Waals surface area (Å²) in [6, 6.07) is 27.2. The first kappa shape index (κ1) is 95.2. The van der Waals surface area contributed by atoms with E-state index in [9.17, 15) is 0 Å². The number of pyridine rings is 1. The minimum Gasteiger partial charge on any atom is -0.473 e. The van der Waals surface area contributed by atoms with Gasteiger partial charge in [0, 0.05) is 49.6 Å². The number of nitrogens with zero attached hydrogens (tertiary/aromatic N) is 5. The lowest BCUT2D eigenvalue weighted by Gasteiger charge is -1.79. The van der Waals surface area contributed by atoms with Crippen LogP contribution in [0.15, 0.2) is 169 Å². The van der Waals surface area contributed by atoms with Gasteiger partial charge in [-0.15, -0.1) is 0 Å². The zero-order valence-corrected chi connectivity index (χ0v) is 52.9. The molecule has 5 heterocycles. The first-order valence-corrected chi connectivity index (χ1v) is 27.5. The molecule has 0 fully saturated rings. The van der Waals surface area contributed by atoms with Crippen LogP contribution >= 0.6 is 11.3 Å². The molecule has 5 aromatic heterocycles. The van der Waals surface area contributed by atoms with Crippen LogP contribution < -0.4 is 0 Å². The summed E-state index contributed by atoms with van der Waals surface area (Å²) in [5.41, 5.74) is 0. The SMILES string of the molecule is CC.CC.CC.CC.CC.CC.CC(C)C.CC(C)C.CC(C)C.CC(C)C.CC(C)C.CC(C)C.c1ccccc1.c1ccncc1.c1ccoc1.c1ccsc1.c1cnccn1.c1cncnc1. The van der Waals surface area contributed by atoms with Crippen LogP contribution in [0.2, 0.25) is 0 Å². The third-order valence-corrected chi connectivity index (χ3v) is 3.67. The van der Waals surface area contributed by atoms with E-state index in [2.05, 4.69) is 154 Å². The molecule has 0 aliphatic heterocycles. The molecular formula is C63H123N5OS. The van der Waals surface area contributed by atoms with Crippen LogP contribution in [0.1, 0.15) is 208 Å². The topological polar surface area (TPSA) is 77.6 Å². The third kappa shape index (κ3) is 285. The normalized spacial score (nSPS) is 7.49. The highest BCUT2D eigenvalue weighted by atomic mass is 32.1. The summed E-state index contributed by atoms with van der Waals surface area (Å²) in [4.78, 5) is 18.6. The van der Waals surface area contributed by atoms with Gasteiger partial charge in [0.25, 0.3) is 0 Å². The molecule has 6 nitrogen and oxygen atoms in total. The lowest BCUT2D eigenvalue weighted by molar-refractivity contribution is 0.567. The molecule has 0 aliphatic rings. The molecule has 0 radical (unpaired) electrons. The minimum atomic E-state index is 0.833. The van der Waals surface area contributed by atoms with Gasteiger partial charge in [-0.1, -0.05) is 262 Å².